The summed E-state index contributed by atoms with van der Waals surface area (Å²) in [6.45, 7) is 0.536. The molecule has 0 aromatic heterocycles. The van der Waals surface area contributed by atoms with Crippen LogP contribution >= 0.6 is 0 Å². The minimum Gasteiger partial charge on any atom is -0.452 e. The molecule has 0 unspecified atom stereocenters. The Hall–Kier alpha value is -0.860. The van der Waals surface area contributed by atoms with Gasteiger partial charge < -0.3 is 10.5 Å². The van der Waals surface area contributed by atoms with E-state index in [9.17, 15) is 13.2 Å². The first-order valence-electron chi connectivity index (χ1n) is 5.02. The normalized spacial score (nSPS) is 24.6. The summed E-state index contributed by atoms with van der Waals surface area (Å²) >= 11 is 0. The van der Waals surface area contributed by atoms with E-state index in [4.69, 9.17) is 5.73 Å². The van der Waals surface area contributed by atoms with Crippen molar-refractivity contribution in [3.05, 3.63) is 0 Å². The van der Waals surface area contributed by atoms with Gasteiger partial charge in [0, 0.05) is 18.6 Å². The molecular weight excluding hydrogens is 234 g/mol. The van der Waals surface area contributed by atoms with Crippen molar-refractivity contribution in [2.75, 3.05) is 20.2 Å². The van der Waals surface area contributed by atoms with Crippen molar-refractivity contribution < 1.29 is 17.9 Å². The molecule has 0 aromatic rings. The average Bonchev–Trinajstić information content (AvgIpc) is 2.95. The quantitative estimate of drug-likeness (QED) is 0.668. The number of carbonyl (C=O) groups is 1. The van der Waals surface area contributed by atoms with Gasteiger partial charge >= 0.3 is 16.3 Å². The third kappa shape index (κ3) is 2.00. The highest BCUT2D eigenvalue weighted by Crippen LogP contribution is 2.43. The Labute approximate surface area is 94.1 Å². The van der Waals surface area contributed by atoms with Gasteiger partial charge in [-0.05, 0) is 18.8 Å². The average molecular weight is 249 g/mol. The van der Waals surface area contributed by atoms with E-state index in [0.717, 1.165) is 24.3 Å². The monoisotopic (exact) mass is 249 g/mol. The van der Waals surface area contributed by atoms with Crippen LogP contribution in [0, 0.1) is 5.92 Å². The maximum absolute atomic E-state index is 11.6. The van der Waals surface area contributed by atoms with Gasteiger partial charge in [-0.2, -0.15) is 12.7 Å². The van der Waals surface area contributed by atoms with E-state index in [1.807, 2.05) is 0 Å². The summed E-state index contributed by atoms with van der Waals surface area (Å²) in [4.78, 5) is 10.8. The Bertz CT molecular complexity index is 398. The van der Waals surface area contributed by atoms with Gasteiger partial charge in [0.15, 0.2) is 0 Å². The summed E-state index contributed by atoms with van der Waals surface area (Å²) in [5.41, 5.74) is 5.61. The molecule has 0 radical (unpaired) electrons. The minimum atomic E-state index is -3.78. The SMILES string of the molecule is COC(=O)NS(=O)(=O)N1CC(N)(C2CC2)C1. The number of nitrogens with zero attached hydrogens (tertiary/aromatic N) is 1. The highest BCUT2D eigenvalue weighted by Gasteiger charge is 2.53. The van der Waals surface area contributed by atoms with Gasteiger partial charge in [0.25, 0.3) is 0 Å². The molecule has 2 rings (SSSR count). The molecule has 92 valence electrons. The Morgan fingerprint density at radius 2 is 2.06 bits per heavy atom. The number of hydrogen-bond acceptors (Lipinski definition) is 5. The fourth-order valence-corrected chi connectivity index (χ4v) is 3.15. The molecule has 2 aliphatic rings. The fraction of sp³-hybridized carbons (Fsp3) is 0.875. The van der Waals surface area contributed by atoms with E-state index in [2.05, 4.69) is 4.74 Å². The first-order valence-corrected chi connectivity index (χ1v) is 6.46. The second-order valence-corrected chi connectivity index (χ2v) is 6.04. The van der Waals surface area contributed by atoms with Crippen molar-refractivity contribution in [1.29, 1.82) is 0 Å². The van der Waals surface area contributed by atoms with Crippen LogP contribution in [0.3, 0.4) is 0 Å². The largest absolute Gasteiger partial charge is 0.452 e. The van der Waals surface area contributed by atoms with Crippen LogP contribution in [0.5, 0.6) is 0 Å². The number of nitrogens with two attached hydrogens (primary N) is 1. The van der Waals surface area contributed by atoms with Gasteiger partial charge in [0.2, 0.25) is 0 Å². The molecule has 0 bridgehead atoms. The van der Waals surface area contributed by atoms with Crippen LogP contribution in [0.15, 0.2) is 0 Å². The third-order valence-electron chi connectivity index (χ3n) is 3.07. The zero-order valence-electron chi connectivity index (χ0n) is 8.97. The topological polar surface area (TPSA) is 102 Å². The van der Waals surface area contributed by atoms with Crippen LogP contribution in [0.4, 0.5) is 4.79 Å². The van der Waals surface area contributed by atoms with Crippen LogP contribution in [0.1, 0.15) is 12.8 Å². The van der Waals surface area contributed by atoms with Crippen molar-refractivity contribution in [3.8, 4) is 0 Å². The predicted molar refractivity (Wildman–Crippen MR) is 55.7 cm³/mol. The van der Waals surface area contributed by atoms with Gasteiger partial charge in [0.1, 0.15) is 0 Å². The molecule has 2 fully saturated rings. The zero-order chi connectivity index (χ0) is 12.0. The number of amides is 1. The highest BCUT2D eigenvalue weighted by molar-refractivity contribution is 7.87. The van der Waals surface area contributed by atoms with Crippen LogP contribution in [0.25, 0.3) is 0 Å². The molecule has 1 heterocycles. The molecule has 16 heavy (non-hydrogen) atoms. The molecule has 0 aromatic carbocycles. The fourth-order valence-electron chi connectivity index (χ4n) is 1.91. The summed E-state index contributed by atoms with van der Waals surface area (Å²) in [6, 6.07) is 0. The molecule has 3 N–H and O–H groups in total. The molecule has 1 saturated heterocycles. The maximum atomic E-state index is 11.6. The maximum Gasteiger partial charge on any atom is 0.421 e. The van der Waals surface area contributed by atoms with Gasteiger partial charge in [-0.3, -0.25) is 0 Å². The Morgan fingerprint density at radius 1 is 1.50 bits per heavy atom. The highest BCUT2D eigenvalue weighted by atomic mass is 32.2. The van der Waals surface area contributed by atoms with E-state index in [1.165, 1.54) is 0 Å². The van der Waals surface area contributed by atoms with Crippen LogP contribution in [-0.2, 0) is 14.9 Å². The molecule has 8 heteroatoms. The second kappa shape index (κ2) is 3.57. The number of nitrogens with one attached hydrogen (secondary N) is 1. The summed E-state index contributed by atoms with van der Waals surface area (Å²) in [5.74, 6) is 0.428. The lowest BCUT2D eigenvalue weighted by Crippen LogP contribution is -2.71. The molecule has 1 aliphatic carbocycles. The van der Waals surface area contributed by atoms with E-state index >= 15 is 0 Å². The molecule has 7 nitrogen and oxygen atoms in total. The van der Waals surface area contributed by atoms with Gasteiger partial charge in [0.05, 0.1) is 7.11 Å². The van der Waals surface area contributed by atoms with Crippen molar-refractivity contribution in [2.45, 2.75) is 18.4 Å². The van der Waals surface area contributed by atoms with E-state index in [1.54, 1.807) is 4.72 Å². The molecule has 1 amide bonds. The summed E-state index contributed by atoms with van der Waals surface area (Å²) in [5, 5.41) is 0. The van der Waals surface area contributed by atoms with Gasteiger partial charge in [-0.25, -0.2) is 9.52 Å². The Morgan fingerprint density at radius 3 is 2.50 bits per heavy atom. The second-order valence-electron chi connectivity index (χ2n) is 4.37. The van der Waals surface area contributed by atoms with Crippen molar-refractivity contribution in [1.82, 2.24) is 9.03 Å². The van der Waals surface area contributed by atoms with E-state index in [0.29, 0.717) is 5.92 Å². The predicted octanol–water partition coefficient (Wildman–Crippen LogP) is -0.990. The molecule has 0 spiro atoms. The third-order valence-corrected chi connectivity index (χ3v) is 4.43. The summed E-state index contributed by atoms with van der Waals surface area (Å²) in [6.07, 6.45) is 1.14. The zero-order valence-corrected chi connectivity index (χ0v) is 9.79. The lowest BCUT2D eigenvalue weighted by Gasteiger charge is -2.46. The number of hydrogen-bond donors (Lipinski definition) is 2. The van der Waals surface area contributed by atoms with Crippen LogP contribution in [-0.4, -0.2) is 44.6 Å². The molecule has 1 aliphatic heterocycles. The van der Waals surface area contributed by atoms with Gasteiger partial charge in [-0.15, -0.1) is 0 Å². The van der Waals surface area contributed by atoms with E-state index < -0.39 is 21.8 Å². The lowest BCUT2D eigenvalue weighted by molar-refractivity contribution is 0.131. The number of rotatable bonds is 3. The molecule has 1 saturated carbocycles. The van der Waals surface area contributed by atoms with Crippen LogP contribution in [0.2, 0.25) is 0 Å². The summed E-state index contributed by atoms with van der Waals surface area (Å²) < 4.78 is 30.3. The number of methoxy groups -OCH3 is 1. The molecule has 0 atom stereocenters. The van der Waals surface area contributed by atoms with Crippen molar-refractivity contribution in [2.24, 2.45) is 11.7 Å². The lowest BCUT2D eigenvalue weighted by atomic mass is 9.88. The smallest absolute Gasteiger partial charge is 0.421 e. The summed E-state index contributed by atoms with van der Waals surface area (Å²) in [7, 11) is -2.67. The first kappa shape index (κ1) is 11.6. The van der Waals surface area contributed by atoms with E-state index in [-0.39, 0.29) is 13.1 Å². The number of ether oxygens (including phenoxy) is 1. The number of carbonyl (C=O) groups excluding carboxylic acids is 1. The molecular formula is C8H15N3O4S. The van der Waals surface area contributed by atoms with Crippen LogP contribution < -0.4 is 10.5 Å². The Kier molecular flexibility index (Phi) is 2.59. The first-order chi connectivity index (χ1) is 7.37. The Balaban J connectivity index is 1.92. The minimum absolute atomic E-state index is 0.268. The van der Waals surface area contributed by atoms with Gasteiger partial charge in [-0.1, -0.05) is 0 Å². The van der Waals surface area contributed by atoms with Crippen molar-refractivity contribution in [3.63, 3.8) is 0 Å². The van der Waals surface area contributed by atoms with Crippen molar-refractivity contribution >= 4 is 16.3 Å². The standard InChI is InChI=1S/C8H15N3O4S/c1-15-7(12)10-16(13,14)11-4-8(9,5-11)6-2-3-6/h6H,2-5,9H2,1H3,(H,10,12).